The second-order valence-corrected chi connectivity index (χ2v) is 13.5. The van der Waals surface area contributed by atoms with Gasteiger partial charge in [-0.3, -0.25) is 4.79 Å². The molecule has 1 amide bonds. The van der Waals surface area contributed by atoms with Crippen LogP contribution in [0.4, 0.5) is 0 Å². The van der Waals surface area contributed by atoms with E-state index in [2.05, 4.69) is 11.4 Å². The van der Waals surface area contributed by atoms with E-state index in [9.17, 15) is 18.5 Å². The number of halogens is 1. The van der Waals surface area contributed by atoms with Crippen LogP contribution in [-0.4, -0.2) is 37.8 Å². The molecule has 0 bridgehead atoms. The molecule has 0 aliphatic carbocycles. The van der Waals surface area contributed by atoms with E-state index in [0.717, 1.165) is 6.26 Å². The van der Waals surface area contributed by atoms with Crippen LogP contribution in [0.1, 0.15) is 56.5 Å². The zero-order valence-corrected chi connectivity index (χ0v) is 24.1. The number of rotatable bonds is 6. The minimum atomic E-state index is -3.34. The van der Waals surface area contributed by atoms with Crippen molar-refractivity contribution in [1.82, 2.24) is 5.32 Å². The highest BCUT2D eigenvalue weighted by Gasteiger charge is 2.39. The Bertz CT molecular complexity index is 1540. The summed E-state index contributed by atoms with van der Waals surface area (Å²) in [5, 5.41) is 13.2. The first-order valence-corrected chi connectivity index (χ1v) is 14.8. The topological polar surface area (TPSA) is 105 Å². The molecule has 1 aliphatic rings. The lowest BCUT2D eigenvalue weighted by molar-refractivity contribution is -0.162. The van der Waals surface area contributed by atoms with Gasteiger partial charge in [-0.2, -0.15) is 5.26 Å². The molecule has 0 radical (unpaired) electrons. The number of nitrogens with zero attached hydrogens (tertiary/aromatic N) is 1. The molecule has 0 unspecified atom stereocenters. The highest BCUT2D eigenvalue weighted by molar-refractivity contribution is 7.90. The lowest BCUT2D eigenvalue weighted by atomic mass is 9.85. The van der Waals surface area contributed by atoms with E-state index in [4.69, 9.17) is 21.1 Å². The monoisotopic (exact) mass is 566 g/mol. The van der Waals surface area contributed by atoms with Gasteiger partial charge in [0.2, 0.25) is 0 Å². The number of carbonyl (C=O) groups excluding carboxylic acids is 1. The van der Waals surface area contributed by atoms with Crippen molar-refractivity contribution in [2.24, 2.45) is 0 Å². The number of nitrogens with one attached hydrogen (secondary N) is 1. The van der Waals surface area contributed by atoms with Gasteiger partial charge in [-0.1, -0.05) is 35.9 Å². The molecule has 39 heavy (non-hydrogen) atoms. The summed E-state index contributed by atoms with van der Waals surface area (Å²) in [6.07, 6.45) is 2.53. The summed E-state index contributed by atoms with van der Waals surface area (Å²) in [4.78, 5) is 13.2. The molecular weight excluding hydrogens is 536 g/mol. The SMILES string of the molecule is CC1(C)CC(NC(=O)c2ccc(Oc3cccc(-c4ccc(S(C)(=O)=O)cc4)c3C#N)c(Cl)c2)CC(C)(C)O1. The van der Waals surface area contributed by atoms with Crippen molar-refractivity contribution < 1.29 is 22.7 Å². The van der Waals surface area contributed by atoms with E-state index in [-0.39, 0.29) is 44.4 Å². The fraction of sp³-hybridized carbons (Fsp3) is 0.333. The van der Waals surface area contributed by atoms with Crippen LogP contribution in [0.5, 0.6) is 11.5 Å². The Kier molecular flexibility index (Phi) is 7.82. The summed E-state index contributed by atoms with van der Waals surface area (Å²) in [6.45, 7) is 8.08. The Morgan fingerprint density at radius 1 is 1.03 bits per heavy atom. The number of ether oxygens (including phenoxy) is 2. The molecule has 0 atom stereocenters. The third-order valence-electron chi connectivity index (χ3n) is 6.51. The van der Waals surface area contributed by atoms with Crippen molar-refractivity contribution >= 4 is 27.3 Å². The van der Waals surface area contributed by atoms with Gasteiger partial charge in [0.15, 0.2) is 9.84 Å². The number of hydrogen-bond acceptors (Lipinski definition) is 6. The van der Waals surface area contributed by atoms with E-state index < -0.39 is 9.84 Å². The first kappa shape index (κ1) is 28.6. The fourth-order valence-corrected chi connectivity index (χ4v) is 6.01. The molecule has 1 heterocycles. The Labute approximate surface area is 234 Å². The van der Waals surface area contributed by atoms with Crippen molar-refractivity contribution in [2.45, 2.75) is 62.7 Å². The van der Waals surface area contributed by atoms with Gasteiger partial charge in [0.25, 0.3) is 5.91 Å². The Morgan fingerprint density at radius 3 is 2.23 bits per heavy atom. The van der Waals surface area contributed by atoms with Crippen molar-refractivity contribution in [2.75, 3.05) is 6.26 Å². The zero-order valence-electron chi connectivity index (χ0n) is 22.5. The van der Waals surface area contributed by atoms with Gasteiger partial charge in [0.05, 0.1) is 21.1 Å². The standard InChI is InChI=1S/C30H31ClN2O5S/c1-29(2)16-21(17-30(3,4)38-29)33-28(34)20-11-14-27(25(31)15-20)37-26-8-6-7-23(24(26)18-32)19-9-12-22(13-10-19)39(5,35)36/h6-15,21H,16-17H2,1-5H3,(H,33,34). The smallest absolute Gasteiger partial charge is 0.251 e. The second-order valence-electron chi connectivity index (χ2n) is 11.0. The summed E-state index contributed by atoms with van der Waals surface area (Å²) in [5.74, 6) is 0.342. The molecule has 204 valence electrons. The number of amides is 1. The number of carbonyl (C=O) groups is 1. The highest BCUT2D eigenvalue weighted by atomic mass is 35.5. The predicted octanol–water partition coefficient (Wildman–Crippen LogP) is 6.54. The lowest BCUT2D eigenvalue weighted by Crippen LogP contribution is -2.52. The van der Waals surface area contributed by atoms with Crippen LogP contribution in [0.15, 0.2) is 65.6 Å². The van der Waals surface area contributed by atoms with Gasteiger partial charge in [-0.15, -0.1) is 0 Å². The maximum atomic E-state index is 13.0. The Morgan fingerprint density at radius 2 is 1.67 bits per heavy atom. The first-order valence-electron chi connectivity index (χ1n) is 12.5. The van der Waals surface area contributed by atoms with Gasteiger partial charge >= 0.3 is 0 Å². The van der Waals surface area contributed by atoms with Crippen molar-refractivity contribution in [3.63, 3.8) is 0 Å². The first-order chi connectivity index (χ1) is 18.2. The van der Waals surface area contributed by atoms with Crippen molar-refractivity contribution in [3.8, 4) is 28.7 Å². The fourth-order valence-electron chi connectivity index (χ4n) is 5.16. The second kappa shape index (κ2) is 10.6. The van der Waals surface area contributed by atoms with Crippen LogP contribution < -0.4 is 10.1 Å². The Hall–Kier alpha value is -3.38. The van der Waals surface area contributed by atoms with Gasteiger partial charge in [0.1, 0.15) is 23.1 Å². The number of benzene rings is 3. The van der Waals surface area contributed by atoms with Crippen LogP contribution in [0, 0.1) is 11.3 Å². The molecule has 1 aliphatic heterocycles. The van der Waals surface area contributed by atoms with Crippen LogP contribution in [0.3, 0.4) is 0 Å². The molecule has 0 spiro atoms. The maximum absolute atomic E-state index is 13.0. The molecule has 1 fully saturated rings. The largest absolute Gasteiger partial charge is 0.454 e. The third-order valence-corrected chi connectivity index (χ3v) is 7.93. The highest BCUT2D eigenvalue weighted by Crippen LogP contribution is 2.37. The minimum absolute atomic E-state index is 0.0432. The summed E-state index contributed by atoms with van der Waals surface area (Å²) in [5.41, 5.74) is 1.23. The molecule has 4 rings (SSSR count). The van der Waals surface area contributed by atoms with E-state index in [1.165, 1.54) is 12.1 Å². The molecule has 3 aromatic rings. The maximum Gasteiger partial charge on any atom is 0.251 e. The van der Waals surface area contributed by atoms with Gasteiger partial charge in [-0.05, 0) is 82.5 Å². The van der Waals surface area contributed by atoms with E-state index in [0.29, 0.717) is 35.3 Å². The van der Waals surface area contributed by atoms with E-state index in [1.807, 2.05) is 27.7 Å². The molecule has 0 saturated carbocycles. The molecular formula is C30H31ClN2O5S. The molecule has 1 saturated heterocycles. The summed E-state index contributed by atoms with van der Waals surface area (Å²) < 4.78 is 35.7. The van der Waals surface area contributed by atoms with Crippen molar-refractivity contribution in [1.29, 1.82) is 5.26 Å². The molecule has 7 nitrogen and oxygen atoms in total. The average Bonchev–Trinajstić information content (AvgIpc) is 2.82. The normalized spacial score (nSPS) is 16.7. The van der Waals surface area contributed by atoms with Crippen LogP contribution in [0.2, 0.25) is 5.02 Å². The van der Waals surface area contributed by atoms with Crippen molar-refractivity contribution in [3.05, 3.63) is 76.8 Å². The number of nitriles is 1. The van der Waals surface area contributed by atoms with Crippen LogP contribution in [-0.2, 0) is 14.6 Å². The summed E-state index contributed by atoms with van der Waals surface area (Å²) >= 11 is 6.50. The summed E-state index contributed by atoms with van der Waals surface area (Å²) in [6, 6.07) is 18.4. The van der Waals surface area contributed by atoms with Crippen LogP contribution in [0.25, 0.3) is 11.1 Å². The van der Waals surface area contributed by atoms with Gasteiger partial charge < -0.3 is 14.8 Å². The van der Waals surface area contributed by atoms with Gasteiger partial charge in [0, 0.05) is 23.4 Å². The third kappa shape index (κ3) is 6.80. The number of sulfone groups is 1. The minimum Gasteiger partial charge on any atom is -0.454 e. The molecule has 3 aromatic carbocycles. The van der Waals surface area contributed by atoms with E-state index in [1.54, 1.807) is 48.5 Å². The molecule has 1 N–H and O–H groups in total. The molecule has 9 heteroatoms. The predicted molar refractivity (Wildman–Crippen MR) is 151 cm³/mol. The quantitative estimate of drug-likeness (QED) is 0.363. The average molecular weight is 567 g/mol. The lowest BCUT2D eigenvalue weighted by Gasteiger charge is -2.45. The number of hydrogen-bond donors (Lipinski definition) is 1. The van der Waals surface area contributed by atoms with E-state index >= 15 is 0 Å². The summed E-state index contributed by atoms with van der Waals surface area (Å²) in [7, 11) is -3.34. The zero-order chi connectivity index (χ0) is 28.6. The van der Waals surface area contributed by atoms with Crippen LogP contribution >= 0.6 is 11.6 Å². The Balaban J connectivity index is 1.54. The van der Waals surface area contributed by atoms with Gasteiger partial charge in [-0.25, -0.2) is 8.42 Å². The molecule has 0 aromatic heterocycles.